The molecule has 20 heavy (non-hydrogen) atoms. The number of halogens is 2. The summed E-state index contributed by atoms with van der Waals surface area (Å²) in [6.45, 7) is 3.79. The molecule has 0 bridgehead atoms. The molecular formula is C14H13Br2NO2S. The Morgan fingerprint density at radius 3 is 2.35 bits per heavy atom. The lowest BCUT2D eigenvalue weighted by Crippen LogP contribution is -2.14. The smallest absolute Gasteiger partial charge is 0.263 e. The SMILES string of the molecule is Cc1ccc(C)c(NS(=O)(=O)c2ccc(Br)cc2Br)c1. The predicted octanol–water partition coefficient (Wildman–Crippen LogP) is 4.63. The van der Waals surface area contributed by atoms with Gasteiger partial charge in [0.2, 0.25) is 0 Å². The Kier molecular flexibility index (Phi) is 4.56. The second-order valence-corrected chi connectivity index (χ2v) is 7.92. The summed E-state index contributed by atoms with van der Waals surface area (Å²) >= 11 is 6.59. The molecule has 0 fully saturated rings. The molecule has 0 aliphatic carbocycles. The summed E-state index contributed by atoms with van der Waals surface area (Å²) in [5.74, 6) is 0. The van der Waals surface area contributed by atoms with E-state index in [0.29, 0.717) is 10.2 Å². The molecule has 2 aromatic carbocycles. The first-order valence-electron chi connectivity index (χ1n) is 5.85. The number of anilines is 1. The summed E-state index contributed by atoms with van der Waals surface area (Å²) in [6.07, 6.45) is 0. The van der Waals surface area contributed by atoms with Crippen molar-refractivity contribution in [2.24, 2.45) is 0 Å². The van der Waals surface area contributed by atoms with Gasteiger partial charge in [0.25, 0.3) is 10.0 Å². The van der Waals surface area contributed by atoms with Crippen LogP contribution in [0.15, 0.2) is 50.2 Å². The van der Waals surface area contributed by atoms with Gasteiger partial charge in [-0.1, -0.05) is 28.1 Å². The second-order valence-electron chi connectivity index (χ2n) is 4.50. The Morgan fingerprint density at radius 2 is 1.70 bits per heavy atom. The molecule has 0 unspecified atom stereocenters. The van der Waals surface area contributed by atoms with Crippen LogP contribution in [-0.2, 0) is 10.0 Å². The molecule has 0 saturated heterocycles. The van der Waals surface area contributed by atoms with Crippen molar-refractivity contribution in [3.8, 4) is 0 Å². The number of hydrogen-bond donors (Lipinski definition) is 1. The molecule has 0 aromatic heterocycles. The molecule has 0 amide bonds. The fraction of sp³-hybridized carbons (Fsp3) is 0.143. The molecule has 0 heterocycles. The normalized spacial score (nSPS) is 11.4. The summed E-state index contributed by atoms with van der Waals surface area (Å²) in [4.78, 5) is 0.210. The lowest BCUT2D eigenvalue weighted by Gasteiger charge is -2.12. The van der Waals surface area contributed by atoms with Crippen molar-refractivity contribution < 1.29 is 8.42 Å². The largest absolute Gasteiger partial charge is 0.279 e. The van der Waals surface area contributed by atoms with Crippen molar-refractivity contribution in [3.05, 3.63) is 56.5 Å². The number of rotatable bonds is 3. The van der Waals surface area contributed by atoms with E-state index < -0.39 is 10.0 Å². The Hall–Kier alpha value is -0.850. The van der Waals surface area contributed by atoms with Crippen molar-refractivity contribution in [1.29, 1.82) is 0 Å². The summed E-state index contributed by atoms with van der Waals surface area (Å²) in [5, 5.41) is 0. The van der Waals surface area contributed by atoms with Crippen LogP contribution in [0.3, 0.4) is 0 Å². The highest BCUT2D eigenvalue weighted by Crippen LogP contribution is 2.28. The molecule has 0 aliphatic heterocycles. The Morgan fingerprint density at radius 1 is 1.00 bits per heavy atom. The van der Waals surface area contributed by atoms with Gasteiger partial charge in [-0.15, -0.1) is 0 Å². The number of nitrogens with one attached hydrogen (secondary N) is 1. The zero-order valence-corrected chi connectivity index (χ0v) is 14.9. The second kappa shape index (κ2) is 5.87. The molecule has 0 spiro atoms. The molecule has 0 saturated carbocycles. The van der Waals surface area contributed by atoms with Crippen LogP contribution in [0, 0.1) is 13.8 Å². The Balaban J connectivity index is 2.43. The fourth-order valence-electron chi connectivity index (χ4n) is 1.74. The van der Waals surface area contributed by atoms with Gasteiger partial charge < -0.3 is 0 Å². The van der Waals surface area contributed by atoms with Crippen LogP contribution in [0.1, 0.15) is 11.1 Å². The van der Waals surface area contributed by atoms with E-state index in [1.54, 1.807) is 18.2 Å². The third-order valence-electron chi connectivity index (χ3n) is 2.82. The number of hydrogen-bond acceptors (Lipinski definition) is 2. The lowest BCUT2D eigenvalue weighted by atomic mass is 10.1. The van der Waals surface area contributed by atoms with Crippen molar-refractivity contribution >= 4 is 47.6 Å². The van der Waals surface area contributed by atoms with E-state index >= 15 is 0 Å². The highest BCUT2D eigenvalue weighted by atomic mass is 79.9. The first-order chi connectivity index (χ1) is 9.29. The van der Waals surface area contributed by atoms with Crippen LogP contribution >= 0.6 is 31.9 Å². The van der Waals surface area contributed by atoms with Gasteiger partial charge >= 0.3 is 0 Å². The quantitative estimate of drug-likeness (QED) is 0.789. The van der Waals surface area contributed by atoms with Crippen LogP contribution in [0.4, 0.5) is 5.69 Å². The van der Waals surface area contributed by atoms with Gasteiger partial charge in [-0.3, -0.25) is 4.72 Å². The van der Waals surface area contributed by atoms with Crippen molar-refractivity contribution in [2.45, 2.75) is 18.7 Å². The topological polar surface area (TPSA) is 46.2 Å². The lowest BCUT2D eigenvalue weighted by molar-refractivity contribution is 0.600. The summed E-state index contributed by atoms with van der Waals surface area (Å²) in [6, 6.07) is 10.6. The fourth-order valence-corrected chi connectivity index (χ4v) is 4.61. The van der Waals surface area contributed by atoms with E-state index in [-0.39, 0.29) is 4.90 Å². The highest BCUT2D eigenvalue weighted by Gasteiger charge is 2.18. The minimum Gasteiger partial charge on any atom is -0.279 e. The van der Waals surface area contributed by atoms with Crippen molar-refractivity contribution in [2.75, 3.05) is 4.72 Å². The molecule has 2 rings (SSSR count). The van der Waals surface area contributed by atoms with Crippen LogP contribution in [0.25, 0.3) is 0 Å². The molecule has 6 heteroatoms. The van der Waals surface area contributed by atoms with E-state index in [1.807, 2.05) is 32.0 Å². The zero-order chi connectivity index (χ0) is 14.9. The van der Waals surface area contributed by atoms with Gasteiger partial charge in [0.15, 0.2) is 0 Å². The van der Waals surface area contributed by atoms with Crippen molar-refractivity contribution in [1.82, 2.24) is 0 Å². The first-order valence-corrected chi connectivity index (χ1v) is 8.91. The van der Waals surface area contributed by atoms with Crippen LogP contribution in [0.5, 0.6) is 0 Å². The van der Waals surface area contributed by atoms with Gasteiger partial charge in [0.1, 0.15) is 4.90 Å². The van der Waals surface area contributed by atoms with Gasteiger partial charge in [-0.05, 0) is 65.2 Å². The van der Waals surface area contributed by atoms with Gasteiger partial charge in [-0.2, -0.15) is 0 Å². The average Bonchev–Trinajstić information content (AvgIpc) is 2.33. The molecule has 3 nitrogen and oxygen atoms in total. The molecule has 0 atom stereocenters. The Labute approximate surface area is 135 Å². The van der Waals surface area contributed by atoms with Crippen molar-refractivity contribution in [3.63, 3.8) is 0 Å². The minimum atomic E-state index is -3.62. The standard InChI is InChI=1S/C14H13Br2NO2S/c1-9-3-4-10(2)13(7-9)17-20(18,19)14-6-5-11(15)8-12(14)16/h3-8,17H,1-2H3. The molecule has 0 radical (unpaired) electrons. The third-order valence-corrected chi connectivity index (χ3v) is 5.66. The first kappa shape index (κ1) is 15.5. The zero-order valence-electron chi connectivity index (χ0n) is 10.9. The maximum atomic E-state index is 12.4. The maximum Gasteiger partial charge on any atom is 0.263 e. The summed E-state index contributed by atoms with van der Waals surface area (Å²) in [5.41, 5.74) is 2.48. The summed E-state index contributed by atoms with van der Waals surface area (Å²) < 4.78 is 28.8. The van der Waals surface area contributed by atoms with Gasteiger partial charge in [-0.25, -0.2) is 8.42 Å². The van der Waals surface area contributed by atoms with Crippen LogP contribution in [-0.4, -0.2) is 8.42 Å². The van der Waals surface area contributed by atoms with Gasteiger partial charge in [0.05, 0.1) is 5.69 Å². The van der Waals surface area contributed by atoms with Gasteiger partial charge in [0, 0.05) is 8.95 Å². The minimum absolute atomic E-state index is 0.210. The number of sulfonamides is 1. The molecule has 2 aromatic rings. The molecule has 1 N–H and O–H groups in total. The van der Waals surface area contributed by atoms with E-state index in [9.17, 15) is 8.42 Å². The van der Waals surface area contributed by atoms with E-state index in [0.717, 1.165) is 15.6 Å². The van der Waals surface area contributed by atoms with Crippen LogP contribution < -0.4 is 4.72 Å². The molecule has 106 valence electrons. The highest BCUT2D eigenvalue weighted by molar-refractivity contribution is 9.11. The van der Waals surface area contributed by atoms with Crippen LogP contribution in [0.2, 0.25) is 0 Å². The van der Waals surface area contributed by atoms with E-state index in [2.05, 4.69) is 36.6 Å². The van der Waals surface area contributed by atoms with E-state index in [1.165, 1.54) is 0 Å². The molecular weight excluding hydrogens is 406 g/mol. The average molecular weight is 419 g/mol. The monoisotopic (exact) mass is 417 g/mol. The number of aryl methyl sites for hydroxylation is 2. The number of benzene rings is 2. The predicted molar refractivity (Wildman–Crippen MR) is 88.6 cm³/mol. The maximum absolute atomic E-state index is 12.4. The molecule has 0 aliphatic rings. The summed E-state index contributed by atoms with van der Waals surface area (Å²) in [7, 11) is -3.62. The Bertz CT molecular complexity index is 758. The third kappa shape index (κ3) is 3.42. The van der Waals surface area contributed by atoms with E-state index in [4.69, 9.17) is 0 Å².